The fraction of sp³-hybridized carbons (Fsp3) is 0.440. The Morgan fingerprint density at radius 3 is 2.52 bits per heavy atom. The van der Waals surface area contributed by atoms with Gasteiger partial charge in [0.2, 0.25) is 5.91 Å². The number of carbonyl (C=O) groups excluding carboxylic acids is 2. The minimum absolute atomic E-state index is 0.304. The molecule has 0 unspecified atom stereocenters. The van der Waals surface area contributed by atoms with Gasteiger partial charge in [0.05, 0.1) is 19.1 Å². The van der Waals surface area contributed by atoms with Crippen LogP contribution < -0.4 is 20.3 Å². The van der Waals surface area contributed by atoms with E-state index < -0.39 is 11.3 Å². The molecule has 8 heteroatoms. The van der Waals surface area contributed by atoms with Crippen molar-refractivity contribution in [3.05, 3.63) is 58.6 Å². The zero-order chi connectivity index (χ0) is 23.8. The molecule has 0 radical (unpaired) electrons. The van der Waals surface area contributed by atoms with Crippen LogP contribution in [0.2, 0.25) is 5.02 Å². The lowest BCUT2D eigenvalue weighted by Crippen LogP contribution is -2.53. The molecular formula is C25H31ClN2O5. The van der Waals surface area contributed by atoms with E-state index in [0.717, 1.165) is 12.0 Å². The molecule has 178 valence electrons. The van der Waals surface area contributed by atoms with Crippen molar-refractivity contribution in [1.29, 1.82) is 0 Å². The summed E-state index contributed by atoms with van der Waals surface area (Å²) in [6.07, 6.45) is 1.90. The summed E-state index contributed by atoms with van der Waals surface area (Å²) in [5.74, 6) is 0.791. The van der Waals surface area contributed by atoms with Crippen molar-refractivity contribution in [3.8, 4) is 11.5 Å². The maximum absolute atomic E-state index is 13.2. The minimum Gasteiger partial charge on any atom is -0.493 e. The fourth-order valence-corrected chi connectivity index (χ4v) is 3.98. The quantitative estimate of drug-likeness (QED) is 0.557. The zero-order valence-corrected chi connectivity index (χ0v) is 20.0. The third-order valence-electron chi connectivity index (χ3n) is 5.83. The van der Waals surface area contributed by atoms with E-state index in [-0.39, 0.29) is 5.91 Å². The van der Waals surface area contributed by atoms with Crippen molar-refractivity contribution < 1.29 is 23.8 Å². The lowest BCUT2D eigenvalue weighted by Gasteiger charge is -2.36. The van der Waals surface area contributed by atoms with Gasteiger partial charge < -0.3 is 14.2 Å². The molecule has 1 saturated heterocycles. The van der Waals surface area contributed by atoms with Gasteiger partial charge in [0, 0.05) is 23.8 Å². The highest BCUT2D eigenvalue weighted by atomic mass is 35.5. The number of amides is 2. The molecule has 0 aromatic heterocycles. The number of nitrogens with one attached hydrogen (secondary N) is 2. The molecule has 1 fully saturated rings. The van der Waals surface area contributed by atoms with Crippen LogP contribution in [-0.4, -0.2) is 38.7 Å². The molecule has 3 rings (SSSR count). The van der Waals surface area contributed by atoms with E-state index in [0.29, 0.717) is 60.7 Å². The molecule has 0 saturated carbocycles. The SMILES string of the molecule is COc1cc(C(=O)NNC(=O)C2(c3cccc(Cl)c3)CCOCC2)ccc1OCCC(C)C. The highest BCUT2D eigenvalue weighted by Crippen LogP contribution is 2.36. The van der Waals surface area contributed by atoms with E-state index in [1.807, 2.05) is 12.1 Å². The van der Waals surface area contributed by atoms with Gasteiger partial charge in [0.15, 0.2) is 11.5 Å². The van der Waals surface area contributed by atoms with Gasteiger partial charge in [-0.2, -0.15) is 0 Å². The molecule has 33 heavy (non-hydrogen) atoms. The summed E-state index contributed by atoms with van der Waals surface area (Å²) < 4.78 is 16.6. The van der Waals surface area contributed by atoms with Crippen LogP contribution in [0.25, 0.3) is 0 Å². The van der Waals surface area contributed by atoms with Gasteiger partial charge in [-0.1, -0.05) is 37.6 Å². The molecule has 1 heterocycles. The Balaban J connectivity index is 1.69. The minimum atomic E-state index is -0.831. The molecule has 0 spiro atoms. The Kier molecular flexibility index (Phi) is 8.58. The van der Waals surface area contributed by atoms with Gasteiger partial charge in [-0.05, 0) is 61.1 Å². The summed E-state index contributed by atoms with van der Waals surface area (Å²) >= 11 is 6.17. The highest BCUT2D eigenvalue weighted by molar-refractivity contribution is 6.30. The Morgan fingerprint density at radius 1 is 1.09 bits per heavy atom. The van der Waals surface area contributed by atoms with Crippen molar-refractivity contribution >= 4 is 23.4 Å². The van der Waals surface area contributed by atoms with E-state index in [2.05, 4.69) is 24.7 Å². The molecule has 1 aliphatic rings. The molecule has 7 nitrogen and oxygen atoms in total. The van der Waals surface area contributed by atoms with Gasteiger partial charge >= 0.3 is 0 Å². The highest BCUT2D eigenvalue weighted by Gasteiger charge is 2.42. The average molecular weight is 475 g/mol. The number of benzene rings is 2. The van der Waals surface area contributed by atoms with Crippen LogP contribution in [0.1, 0.15) is 49.0 Å². The molecule has 2 aromatic carbocycles. The Hall–Kier alpha value is -2.77. The summed E-state index contributed by atoms with van der Waals surface area (Å²) in [5, 5.41) is 0.554. The predicted octanol–water partition coefficient (Wildman–Crippen LogP) is 4.28. The lowest BCUT2D eigenvalue weighted by molar-refractivity contribution is -0.131. The number of ether oxygens (including phenoxy) is 3. The Bertz CT molecular complexity index is 973. The third-order valence-corrected chi connectivity index (χ3v) is 6.06. The topological polar surface area (TPSA) is 85.9 Å². The summed E-state index contributed by atoms with van der Waals surface area (Å²) in [6, 6.07) is 12.2. The molecule has 2 N–H and O–H groups in total. The molecule has 0 atom stereocenters. The van der Waals surface area contributed by atoms with Crippen LogP contribution in [0.3, 0.4) is 0 Å². The number of hydrogen-bond donors (Lipinski definition) is 2. The van der Waals surface area contributed by atoms with E-state index in [4.69, 9.17) is 25.8 Å². The van der Waals surface area contributed by atoms with Gasteiger partial charge in [0.1, 0.15) is 0 Å². The largest absolute Gasteiger partial charge is 0.493 e. The van der Waals surface area contributed by atoms with E-state index >= 15 is 0 Å². The molecule has 2 aromatic rings. The van der Waals surface area contributed by atoms with Crippen LogP contribution in [0, 0.1) is 5.92 Å². The van der Waals surface area contributed by atoms with Crippen molar-refractivity contribution in [1.82, 2.24) is 10.9 Å². The van der Waals surface area contributed by atoms with Crippen molar-refractivity contribution in [3.63, 3.8) is 0 Å². The molecular weight excluding hydrogens is 444 g/mol. The predicted molar refractivity (Wildman–Crippen MR) is 127 cm³/mol. The van der Waals surface area contributed by atoms with Gasteiger partial charge in [-0.15, -0.1) is 0 Å². The van der Waals surface area contributed by atoms with Crippen LogP contribution in [0.5, 0.6) is 11.5 Å². The smallest absolute Gasteiger partial charge is 0.269 e. The van der Waals surface area contributed by atoms with E-state index in [9.17, 15) is 9.59 Å². The van der Waals surface area contributed by atoms with E-state index in [1.165, 1.54) is 7.11 Å². The first-order chi connectivity index (χ1) is 15.9. The average Bonchev–Trinajstić information content (AvgIpc) is 2.82. The maximum Gasteiger partial charge on any atom is 0.269 e. The monoisotopic (exact) mass is 474 g/mol. The molecule has 0 bridgehead atoms. The lowest BCUT2D eigenvalue weighted by atomic mass is 9.73. The second-order valence-electron chi connectivity index (χ2n) is 8.51. The Morgan fingerprint density at radius 2 is 1.85 bits per heavy atom. The second kappa shape index (κ2) is 11.4. The van der Waals surface area contributed by atoms with Crippen LogP contribution >= 0.6 is 11.6 Å². The van der Waals surface area contributed by atoms with Gasteiger partial charge in [-0.25, -0.2) is 0 Å². The standard InChI is InChI=1S/C25H31ClN2O5/c1-17(2)9-12-33-21-8-7-18(15-22(21)31-3)23(29)27-28-24(30)25(10-13-32-14-11-25)19-5-4-6-20(26)16-19/h4-8,15-17H,9-14H2,1-3H3,(H,27,29)(H,28,30). The molecule has 0 aliphatic carbocycles. The number of carbonyl (C=O) groups is 2. The first-order valence-corrected chi connectivity index (χ1v) is 11.5. The maximum atomic E-state index is 13.2. The summed E-state index contributed by atoms with van der Waals surface area (Å²) in [5.41, 5.74) is 5.43. The fourth-order valence-electron chi connectivity index (χ4n) is 3.79. The number of halogens is 1. The number of methoxy groups -OCH3 is 1. The first kappa shape index (κ1) is 24.9. The van der Waals surface area contributed by atoms with E-state index in [1.54, 1.807) is 30.3 Å². The zero-order valence-electron chi connectivity index (χ0n) is 19.3. The van der Waals surface area contributed by atoms with Crippen molar-refractivity contribution in [2.75, 3.05) is 26.9 Å². The normalized spacial score (nSPS) is 15.1. The number of hydrogen-bond acceptors (Lipinski definition) is 5. The van der Waals surface area contributed by atoms with Gasteiger partial charge in [0.25, 0.3) is 5.91 Å². The Labute approximate surface area is 199 Å². The first-order valence-electron chi connectivity index (χ1n) is 11.1. The van der Waals surface area contributed by atoms with Crippen LogP contribution in [-0.2, 0) is 14.9 Å². The van der Waals surface area contributed by atoms with Crippen LogP contribution in [0.4, 0.5) is 0 Å². The second-order valence-corrected chi connectivity index (χ2v) is 8.95. The van der Waals surface area contributed by atoms with Crippen molar-refractivity contribution in [2.45, 2.75) is 38.5 Å². The summed E-state index contributed by atoms with van der Waals surface area (Å²) in [7, 11) is 1.52. The van der Waals surface area contributed by atoms with Crippen molar-refractivity contribution in [2.24, 2.45) is 5.92 Å². The summed E-state index contributed by atoms with van der Waals surface area (Å²) in [6.45, 7) is 5.70. The van der Waals surface area contributed by atoms with Gasteiger partial charge in [-0.3, -0.25) is 20.4 Å². The third kappa shape index (κ3) is 6.18. The number of hydrazine groups is 1. The van der Waals surface area contributed by atoms with Crippen LogP contribution in [0.15, 0.2) is 42.5 Å². The molecule has 2 amide bonds. The molecule has 1 aliphatic heterocycles. The summed E-state index contributed by atoms with van der Waals surface area (Å²) in [4.78, 5) is 26.0. The number of rotatable bonds is 8.